The van der Waals surface area contributed by atoms with E-state index >= 15 is 0 Å². The predicted molar refractivity (Wildman–Crippen MR) is 268 cm³/mol. The number of unbranched alkanes of at least 4 members (excludes halogenated alkanes) is 18. The molecule has 0 aliphatic carbocycles. The summed E-state index contributed by atoms with van der Waals surface area (Å²) in [5.74, 6) is -0.344. The zero-order valence-electron chi connectivity index (χ0n) is 41.2. The second kappa shape index (κ2) is 46.2. The maximum Gasteiger partial charge on any atom is 0.306 e. The van der Waals surface area contributed by atoms with Crippen molar-refractivity contribution in [3.63, 3.8) is 0 Å². The van der Waals surface area contributed by atoms with E-state index in [0.717, 1.165) is 83.5 Å². The molecule has 0 aliphatic heterocycles. The molecule has 8 nitrogen and oxygen atoms in total. The van der Waals surface area contributed by atoms with Crippen molar-refractivity contribution in [2.75, 3.05) is 54.1 Å². The van der Waals surface area contributed by atoms with Crippen molar-refractivity contribution < 1.29 is 37.3 Å². The van der Waals surface area contributed by atoms with Gasteiger partial charge in [-0.25, -0.2) is 0 Å². The van der Waals surface area contributed by atoms with Crippen LogP contribution in [0.4, 0.5) is 0 Å². The Kier molecular flexibility index (Phi) is 44.5. The molecule has 0 amide bonds. The molecule has 9 heteroatoms. The molecule has 0 N–H and O–H groups in total. The van der Waals surface area contributed by atoms with Gasteiger partial charge in [-0.05, 0) is 83.5 Å². The largest absolute Gasteiger partial charge is 0.756 e. The molecule has 0 heterocycles. The molecule has 0 aromatic heterocycles. The first-order valence-corrected chi connectivity index (χ1v) is 26.8. The molecule has 0 bridgehead atoms. The van der Waals surface area contributed by atoms with Crippen molar-refractivity contribution >= 4 is 13.8 Å². The average Bonchev–Trinajstić information content (AvgIpc) is 3.24. The Morgan fingerprint density at radius 3 is 1.30 bits per heavy atom. The smallest absolute Gasteiger partial charge is 0.306 e. The predicted octanol–water partition coefficient (Wildman–Crippen LogP) is 15.0. The van der Waals surface area contributed by atoms with Gasteiger partial charge in [0, 0.05) is 13.0 Å². The van der Waals surface area contributed by atoms with Gasteiger partial charge in [0.15, 0.2) is 0 Å². The van der Waals surface area contributed by atoms with Gasteiger partial charge in [0.05, 0.1) is 34.4 Å². The highest BCUT2D eigenvalue weighted by molar-refractivity contribution is 7.45. The normalized spacial score (nSPS) is 14.3. The Balaban J connectivity index is 4.17. The van der Waals surface area contributed by atoms with E-state index in [1.165, 1.54) is 89.9 Å². The minimum atomic E-state index is -4.54. The van der Waals surface area contributed by atoms with Gasteiger partial charge in [-0.2, -0.15) is 0 Å². The fourth-order valence-corrected chi connectivity index (χ4v) is 7.34. The molecule has 2 atom stereocenters. The standard InChI is InChI=1S/C54H96NO7P/c1-6-8-10-12-14-16-18-20-22-24-26-27-28-29-30-31-33-35-37-39-41-43-45-47-54(56)62-53(52-61-63(57,58)60-50-48-55(3,4)5)51-59-49-46-44-42-40-38-36-34-32-25-23-21-19-17-15-13-11-9-7-2/h8-11,14-17,20-23,26-27,53H,6-7,12-13,18-19,24-25,28-52H2,1-5H3/b10-8-,11-9-,16-14-,17-15-,22-20-,23-21-,27-26-. The van der Waals surface area contributed by atoms with Crippen LogP contribution in [0.2, 0.25) is 0 Å². The van der Waals surface area contributed by atoms with Crippen LogP contribution in [0, 0.1) is 0 Å². The lowest BCUT2D eigenvalue weighted by atomic mass is 10.0. The van der Waals surface area contributed by atoms with Crippen LogP contribution < -0.4 is 4.89 Å². The number of esters is 1. The summed E-state index contributed by atoms with van der Waals surface area (Å²) in [7, 11) is 1.34. The second-order valence-corrected chi connectivity index (χ2v) is 19.2. The SMILES string of the molecule is CC/C=C\C/C=C\C/C=C\C/C=C\CCCCCCCCCCCCC(=O)OC(COCCCCCCCCCC/C=C\C/C=C\C/C=C\CC)COP(=O)([O-])OCC[N+](C)(C)C. The molecule has 0 spiro atoms. The van der Waals surface area contributed by atoms with Crippen LogP contribution in [0.1, 0.15) is 194 Å². The summed E-state index contributed by atoms with van der Waals surface area (Å²) < 4.78 is 34.7. The highest BCUT2D eigenvalue weighted by Crippen LogP contribution is 2.38. The summed E-state index contributed by atoms with van der Waals surface area (Å²) in [5, 5.41) is 0. The molecule has 0 rings (SSSR count). The Labute approximate surface area is 388 Å². The van der Waals surface area contributed by atoms with Crippen molar-refractivity contribution in [2.24, 2.45) is 0 Å². The third-order valence-electron chi connectivity index (χ3n) is 10.4. The molecule has 0 saturated carbocycles. The van der Waals surface area contributed by atoms with E-state index < -0.39 is 13.9 Å². The molecule has 0 aromatic carbocycles. The van der Waals surface area contributed by atoms with Crippen molar-refractivity contribution in [2.45, 2.75) is 200 Å². The lowest BCUT2D eigenvalue weighted by Gasteiger charge is -2.28. The molecule has 2 unspecified atom stereocenters. The molecule has 364 valence electrons. The van der Waals surface area contributed by atoms with Crippen LogP contribution >= 0.6 is 7.82 Å². The Bertz CT molecular complexity index is 1280. The summed E-state index contributed by atoms with van der Waals surface area (Å²) in [6, 6.07) is 0. The molecular weight excluding hydrogens is 806 g/mol. The fourth-order valence-electron chi connectivity index (χ4n) is 6.61. The Morgan fingerprint density at radius 2 is 0.873 bits per heavy atom. The summed E-state index contributed by atoms with van der Waals surface area (Å²) in [4.78, 5) is 25.2. The number of phosphoric acid groups is 1. The van der Waals surface area contributed by atoms with E-state index in [0.29, 0.717) is 24.1 Å². The van der Waals surface area contributed by atoms with Crippen LogP contribution in [0.25, 0.3) is 0 Å². The summed E-state index contributed by atoms with van der Waals surface area (Å²) in [5.41, 5.74) is 0. The van der Waals surface area contributed by atoms with Gasteiger partial charge < -0.3 is 27.9 Å². The third-order valence-corrected chi connectivity index (χ3v) is 11.4. The van der Waals surface area contributed by atoms with Crippen LogP contribution in [0.3, 0.4) is 0 Å². The topological polar surface area (TPSA) is 94.1 Å². The zero-order chi connectivity index (χ0) is 46.2. The van der Waals surface area contributed by atoms with Gasteiger partial charge in [-0.1, -0.05) is 189 Å². The van der Waals surface area contributed by atoms with E-state index in [4.69, 9.17) is 18.5 Å². The number of phosphoric ester groups is 1. The lowest BCUT2D eigenvalue weighted by Crippen LogP contribution is -2.37. The molecule has 0 saturated heterocycles. The number of rotatable bonds is 46. The number of quaternary nitrogens is 1. The molecule has 0 fully saturated rings. The third kappa shape index (κ3) is 50.5. The second-order valence-electron chi connectivity index (χ2n) is 17.8. The van der Waals surface area contributed by atoms with Gasteiger partial charge >= 0.3 is 5.97 Å². The number of hydrogen-bond donors (Lipinski definition) is 0. The van der Waals surface area contributed by atoms with E-state index in [1.807, 2.05) is 21.1 Å². The van der Waals surface area contributed by atoms with Gasteiger partial charge in [0.1, 0.15) is 19.3 Å². The first kappa shape index (κ1) is 60.7. The van der Waals surface area contributed by atoms with E-state index in [-0.39, 0.29) is 25.8 Å². The van der Waals surface area contributed by atoms with Gasteiger partial charge in [0.2, 0.25) is 0 Å². The van der Waals surface area contributed by atoms with Crippen molar-refractivity contribution in [1.29, 1.82) is 0 Å². The number of allylic oxidation sites excluding steroid dienone is 14. The van der Waals surface area contributed by atoms with E-state index in [9.17, 15) is 14.3 Å². The van der Waals surface area contributed by atoms with Crippen LogP contribution in [0.15, 0.2) is 85.1 Å². The number of carbonyl (C=O) groups excluding carboxylic acids is 1. The molecule has 0 aliphatic rings. The Morgan fingerprint density at radius 1 is 0.492 bits per heavy atom. The molecule has 0 aromatic rings. The quantitative estimate of drug-likeness (QED) is 0.0197. The van der Waals surface area contributed by atoms with Gasteiger partial charge in [-0.15, -0.1) is 0 Å². The van der Waals surface area contributed by atoms with Crippen molar-refractivity contribution in [3.05, 3.63) is 85.1 Å². The highest BCUT2D eigenvalue weighted by atomic mass is 31.2. The number of carbonyl (C=O) groups is 1. The number of nitrogens with zero attached hydrogens (tertiary/aromatic N) is 1. The maximum atomic E-state index is 12.8. The summed E-state index contributed by atoms with van der Waals surface area (Å²) in [6.07, 6.45) is 61.7. The number of ether oxygens (including phenoxy) is 2. The first-order chi connectivity index (χ1) is 30.6. The summed E-state index contributed by atoms with van der Waals surface area (Å²) in [6.45, 7) is 5.16. The average molecular weight is 902 g/mol. The monoisotopic (exact) mass is 902 g/mol. The molecule has 63 heavy (non-hydrogen) atoms. The molecule has 0 radical (unpaired) electrons. The first-order valence-electron chi connectivity index (χ1n) is 25.3. The number of hydrogen-bond acceptors (Lipinski definition) is 7. The van der Waals surface area contributed by atoms with Gasteiger partial charge in [-0.3, -0.25) is 9.36 Å². The van der Waals surface area contributed by atoms with E-state index in [1.54, 1.807) is 0 Å². The van der Waals surface area contributed by atoms with E-state index in [2.05, 4.69) is 98.9 Å². The highest BCUT2D eigenvalue weighted by Gasteiger charge is 2.20. The van der Waals surface area contributed by atoms with Crippen LogP contribution in [-0.2, 0) is 27.9 Å². The number of likely N-dealkylation sites (N-methyl/N-ethyl adjacent to an activating group) is 1. The van der Waals surface area contributed by atoms with Crippen LogP contribution in [-0.4, -0.2) is 70.7 Å². The fraction of sp³-hybridized carbons (Fsp3) is 0.722. The van der Waals surface area contributed by atoms with Crippen molar-refractivity contribution in [3.8, 4) is 0 Å². The van der Waals surface area contributed by atoms with Crippen LogP contribution in [0.5, 0.6) is 0 Å². The minimum Gasteiger partial charge on any atom is -0.756 e. The van der Waals surface area contributed by atoms with Crippen molar-refractivity contribution in [1.82, 2.24) is 0 Å². The Hall–Kier alpha value is -2.32. The maximum absolute atomic E-state index is 12.8. The lowest BCUT2D eigenvalue weighted by molar-refractivity contribution is -0.870. The van der Waals surface area contributed by atoms with Gasteiger partial charge in [0.25, 0.3) is 7.82 Å². The zero-order valence-corrected chi connectivity index (χ0v) is 42.1. The molecular formula is C54H96NO7P. The summed E-state index contributed by atoms with van der Waals surface area (Å²) >= 11 is 0. The minimum absolute atomic E-state index is 0.0195.